The van der Waals surface area contributed by atoms with E-state index in [9.17, 15) is 30.0 Å². The van der Waals surface area contributed by atoms with Crippen LogP contribution in [-0.2, 0) is 23.7 Å². The Kier molecular flexibility index (Phi) is 7.00. The lowest BCUT2D eigenvalue weighted by molar-refractivity contribution is -0.365. The first-order valence-electron chi connectivity index (χ1n) is 13.7. The Morgan fingerprint density at radius 2 is 1.73 bits per heavy atom. The fourth-order valence-corrected chi connectivity index (χ4v) is 8.13. The van der Waals surface area contributed by atoms with Crippen molar-refractivity contribution in [2.75, 3.05) is 13.7 Å². The SMILES string of the molecule is CO[C@H]1C[C@@]2(O)[C@@H](OC(=O)c3ccccc3)[C@@H]3[C@]4(OC(C)=O)CO[C@@H]4C[C@H](O)[C@@]3(C)[C@@H](O)[C@@H](O)C(=C1C)C2(C)C. The molecule has 1 aliphatic heterocycles. The number of hydrogen-bond donors (Lipinski definition) is 4. The van der Waals surface area contributed by atoms with E-state index in [0.717, 1.165) is 0 Å². The zero-order chi connectivity index (χ0) is 29.4. The molecule has 1 aromatic rings. The van der Waals surface area contributed by atoms with Crippen LogP contribution in [0.25, 0.3) is 0 Å². The van der Waals surface area contributed by atoms with Gasteiger partial charge in [0.25, 0.3) is 0 Å². The average molecular weight is 561 g/mol. The lowest BCUT2D eigenvalue weighted by Crippen LogP contribution is -2.82. The molecule has 10 nitrogen and oxygen atoms in total. The van der Waals surface area contributed by atoms with Crippen molar-refractivity contribution in [2.24, 2.45) is 16.7 Å². The topological polar surface area (TPSA) is 152 Å². The van der Waals surface area contributed by atoms with Gasteiger partial charge in [-0.05, 0) is 30.2 Å². The van der Waals surface area contributed by atoms with Crippen LogP contribution in [0.4, 0.5) is 0 Å². The van der Waals surface area contributed by atoms with Gasteiger partial charge in [0.2, 0.25) is 0 Å². The van der Waals surface area contributed by atoms with Gasteiger partial charge in [-0.25, -0.2) is 4.79 Å². The number of fused-ring (bicyclic) bond motifs is 5. The number of esters is 2. The van der Waals surface area contributed by atoms with Crippen molar-refractivity contribution >= 4 is 11.9 Å². The molecule has 1 saturated heterocycles. The number of methoxy groups -OCH3 is 1. The highest BCUT2D eigenvalue weighted by molar-refractivity contribution is 5.89. The largest absolute Gasteiger partial charge is 0.455 e. The Balaban J connectivity index is 1.81. The van der Waals surface area contributed by atoms with Crippen molar-refractivity contribution in [3.8, 4) is 0 Å². The molecule has 1 aromatic carbocycles. The zero-order valence-corrected chi connectivity index (χ0v) is 23.8. The average Bonchev–Trinajstić information content (AvgIpc) is 2.90. The Bertz CT molecular complexity index is 1210. The Morgan fingerprint density at radius 3 is 2.27 bits per heavy atom. The fourth-order valence-electron chi connectivity index (χ4n) is 8.13. The summed E-state index contributed by atoms with van der Waals surface area (Å²) in [7, 11) is 1.48. The van der Waals surface area contributed by atoms with Crippen LogP contribution in [-0.4, -0.2) is 93.9 Å². The number of carbonyl (C=O) groups excluding carboxylic acids is 2. The smallest absolute Gasteiger partial charge is 0.338 e. The summed E-state index contributed by atoms with van der Waals surface area (Å²) in [6, 6.07) is 8.29. The van der Waals surface area contributed by atoms with E-state index >= 15 is 0 Å². The van der Waals surface area contributed by atoms with Crippen molar-refractivity contribution < 1.29 is 49.0 Å². The van der Waals surface area contributed by atoms with Gasteiger partial charge in [-0.1, -0.05) is 39.0 Å². The second kappa shape index (κ2) is 9.61. The summed E-state index contributed by atoms with van der Waals surface area (Å²) in [6.45, 7) is 7.97. The number of aliphatic hydroxyl groups is 4. The molecular formula is C30H40O10. The molecular weight excluding hydrogens is 520 g/mol. The molecule has 5 rings (SSSR count). The van der Waals surface area contributed by atoms with E-state index in [1.165, 1.54) is 14.0 Å². The maximum atomic E-state index is 13.7. The van der Waals surface area contributed by atoms with Crippen molar-refractivity contribution in [2.45, 2.75) is 95.3 Å². The molecule has 0 amide bonds. The van der Waals surface area contributed by atoms with E-state index in [0.29, 0.717) is 11.1 Å². The van der Waals surface area contributed by atoms with Gasteiger partial charge >= 0.3 is 11.9 Å². The van der Waals surface area contributed by atoms with E-state index in [2.05, 4.69) is 0 Å². The normalized spacial score (nSPS) is 43.8. The monoisotopic (exact) mass is 560 g/mol. The molecule has 0 unspecified atom stereocenters. The van der Waals surface area contributed by atoms with Gasteiger partial charge in [0.05, 0.1) is 36.4 Å². The van der Waals surface area contributed by atoms with Crippen LogP contribution in [0.3, 0.4) is 0 Å². The van der Waals surface area contributed by atoms with Crippen LogP contribution in [0.1, 0.15) is 57.8 Å². The summed E-state index contributed by atoms with van der Waals surface area (Å²) in [4.78, 5) is 26.2. The minimum absolute atomic E-state index is 0.00393. The third-order valence-electron chi connectivity index (χ3n) is 10.4. The van der Waals surface area contributed by atoms with Crippen molar-refractivity contribution in [1.29, 1.82) is 0 Å². The zero-order valence-electron chi connectivity index (χ0n) is 23.8. The minimum atomic E-state index is -1.90. The first kappa shape index (κ1) is 29.2. The second-order valence-corrected chi connectivity index (χ2v) is 12.6. The first-order chi connectivity index (χ1) is 18.7. The highest BCUT2D eigenvalue weighted by Crippen LogP contribution is 2.64. The predicted octanol–water partition coefficient (Wildman–Crippen LogP) is 1.53. The molecule has 40 heavy (non-hydrogen) atoms. The van der Waals surface area contributed by atoms with Crippen LogP contribution in [0, 0.1) is 16.7 Å². The molecule has 3 fully saturated rings. The molecule has 0 aromatic heterocycles. The third kappa shape index (κ3) is 3.77. The van der Waals surface area contributed by atoms with Crippen LogP contribution >= 0.6 is 0 Å². The summed E-state index contributed by atoms with van der Waals surface area (Å²) < 4.78 is 23.8. The standard InChI is InChI=1S/C30H40O10/c1-15-18(37-6)13-30(36)25(39-26(35)17-10-8-7-9-11-17)23-28(5,24(34)22(33)21(15)27(30,3)4)19(32)12-20-29(23,14-38-20)40-16(2)31/h7-11,18-20,22-25,32-34,36H,12-14H2,1-6H3/t18-,19-,20+,22-,23-,24-,25-,28+,29-,30+/m0/s1. The molecule has 0 spiro atoms. The molecule has 0 radical (unpaired) electrons. The maximum Gasteiger partial charge on any atom is 0.338 e. The molecule has 4 aliphatic rings. The minimum Gasteiger partial charge on any atom is -0.455 e. The third-order valence-corrected chi connectivity index (χ3v) is 10.4. The van der Waals surface area contributed by atoms with E-state index in [1.807, 2.05) is 0 Å². The van der Waals surface area contributed by atoms with Crippen molar-refractivity contribution in [1.82, 2.24) is 0 Å². The van der Waals surface area contributed by atoms with Gasteiger partial charge in [-0.3, -0.25) is 4.79 Å². The van der Waals surface area contributed by atoms with Crippen LogP contribution in [0.15, 0.2) is 41.5 Å². The van der Waals surface area contributed by atoms with E-state index in [1.54, 1.807) is 58.0 Å². The van der Waals surface area contributed by atoms with Crippen LogP contribution < -0.4 is 0 Å². The summed E-state index contributed by atoms with van der Waals surface area (Å²) in [6.07, 6.45) is -7.28. The number of rotatable bonds is 4. The molecule has 3 aliphatic carbocycles. The maximum absolute atomic E-state index is 13.7. The highest BCUT2D eigenvalue weighted by atomic mass is 16.6. The van der Waals surface area contributed by atoms with Gasteiger partial charge in [0.1, 0.15) is 23.9 Å². The molecule has 10 atom stereocenters. The summed E-state index contributed by atoms with van der Waals surface area (Å²) in [5.41, 5.74) is -4.99. The van der Waals surface area contributed by atoms with Crippen molar-refractivity contribution in [3.63, 3.8) is 0 Å². The Morgan fingerprint density at radius 1 is 1.07 bits per heavy atom. The summed E-state index contributed by atoms with van der Waals surface area (Å²) in [5, 5.41) is 48.2. The molecule has 2 bridgehead atoms. The number of aliphatic hydroxyl groups excluding tert-OH is 3. The molecule has 4 N–H and O–H groups in total. The number of benzene rings is 1. The van der Waals surface area contributed by atoms with Gasteiger partial charge in [0.15, 0.2) is 5.60 Å². The van der Waals surface area contributed by atoms with Crippen molar-refractivity contribution in [3.05, 3.63) is 47.0 Å². The van der Waals surface area contributed by atoms with Crippen LogP contribution in [0.5, 0.6) is 0 Å². The highest BCUT2D eigenvalue weighted by Gasteiger charge is 2.77. The molecule has 220 valence electrons. The van der Waals surface area contributed by atoms with Gasteiger partial charge in [0, 0.05) is 37.7 Å². The lowest BCUT2D eigenvalue weighted by atomic mass is 9.44. The number of hydrogen-bond acceptors (Lipinski definition) is 10. The predicted molar refractivity (Wildman–Crippen MR) is 141 cm³/mol. The molecule has 1 heterocycles. The van der Waals surface area contributed by atoms with E-state index in [-0.39, 0.29) is 25.0 Å². The first-order valence-corrected chi connectivity index (χ1v) is 13.7. The lowest BCUT2D eigenvalue weighted by Gasteiger charge is -2.69. The van der Waals surface area contributed by atoms with Gasteiger partial charge in [-0.15, -0.1) is 0 Å². The van der Waals surface area contributed by atoms with Crippen LogP contribution in [0.2, 0.25) is 0 Å². The van der Waals surface area contributed by atoms with E-state index in [4.69, 9.17) is 18.9 Å². The number of ether oxygens (including phenoxy) is 4. The van der Waals surface area contributed by atoms with E-state index < -0.39 is 76.5 Å². The second-order valence-electron chi connectivity index (χ2n) is 12.6. The van der Waals surface area contributed by atoms with Gasteiger partial charge < -0.3 is 39.4 Å². The Labute approximate surface area is 233 Å². The summed E-state index contributed by atoms with van der Waals surface area (Å²) in [5.74, 6) is -2.53. The Hall–Kier alpha value is -2.34. The molecule has 2 saturated carbocycles. The number of carbonyl (C=O) groups is 2. The summed E-state index contributed by atoms with van der Waals surface area (Å²) >= 11 is 0. The van der Waals surface area contributed by atoms with Gasteiger partial charge in [-0.2, -0.15) is 0 Å². The molecule has 10 heteroatoms. The fraction of sp³-hybridized carbons (Fsp3) is 0.667. The quantitative estimate of drug-likeness (QED) is 0.315.